The van der Waals surface area contributed by atoms with Gasteiger partial charge >= 0.3 is 5.69 Å². The number of nitrogens with one attached hydrogen (secondary N) is 1. The number of hydrogen-bond acceptors (Lipinski definition) is 4. The summed E-state index contributed by atoms with van der Waals surface area (Å²) in [6, 6.07) is 4.25. The fourth-order valence-corrected chi connectivity index (χ4v) is 2.45. The third-order valence-corrected chi connectivity index (χ3v) is 3.33. The molecule has 0 aromatic heterocycles. The SMILES string of the molecule is CC(=O)NC1CCN(Cc2cccc([N+](=O)[O-])c2F)C1. The van der Waals surface area contributed by atoms with Crippen LogP contribution in [0.25, 0.3) is 0 Å². The van der Waals surface area contributed by atoms with Crippen LogP contribution in [0.2, 0.25) is 0 Å². The van der Waals surface area contributed by atoms with E-state index in [1.807, 2.05) is 4.90 Å². The smallest absolute Gasteiger partial charge is 0.305 e. The van der Waals surface area contributed by atoms with Crippen molar-refractivity contribution in [2.75, 3.05) is 13.1 Å². The number of carbonyl (C=O) groups is 1. The van der Waals surface area contributed by atoms with Gasteiger partial charge in [0, 0.05) is 44.2 Å². The predicted octanol–water partition coefficient (Wildman–Crippen LogP) is 1.44. The lowest BCUT2D eigenvalue weighted by molar-refractivity contribution is -0.387. The standard InChI is InChI=1S/C13H16FN3O3/c1-9(18)15-11-5-6-16(8-11)7-10-3-2-4-12(13(10)14)17(19)20/h2-4,11H,5-8H2,1H3,(H,15,18). The molecule has 6 nitrogen and oxygen atoms in total. The van der Waals surface area contributed by atoms with Gasteiger partial charge in [-0.3, -0.25) is 19.8 Å². The second-order valence-electron chi connectivity index (χ2n) is 4.93. The van der Waals surface area contributed by atoms with Gasteiger partial charge in [0.15, 0.2) is 0 Å². The Morgan fingerprint density at radius 2 is 2.35 bits per heavy atom. The lowest BCUT2D eigenvalue weighted by Crippen LogP contribution is -2.35. The van der Waals surface area contributed by atoms with Gasteiger partial charge in [-0.2, -0.15) is 4.39 Å². The van der Waals surface area contributed by atoms with E-state index in [2.05, 4.69) is 5.32 Å². The molecule has 1 aliphatic rings. The topological polar surface area (TPSA) is 75.5 Å². The molecule has 2 rings (SSSR count). The van der Waals surface area contributed by atoms with Gasteiger partial charge in [-0.05, 0) is 6.42 Å². The van der Waals surface area contributed by atoms with Crippen LogP contribution in [-0.2, 0) is 11.3 Å². The van der Waals surface area contributed by atoms with E-state index in [1.165, 1.54) is 13.0 Å². The summed E-state index contributed by atoms with van der Waals surface area (Å²) in [5.41, 5.74) is -0.192. The molecule has 0 spiro atoms. The molecule has 108 valence electrons. The third kappa shape index (κ3) is 3.30. The molecule has 1 unspecified atom stereocenters. The zero-order chi connectivity index (χ0) is 14.7. The molecule has 1 amide bonds. The Labute approximate surface area is 115 Å². The van der Waals surface area contributed by atoms with Crippen molar-refractivity contribution in [3.63, 3.8) is 0 Å². The Bertz CT molecular complexity index is 536. The van der Waals surface area contributed by atoms with Crippen molar-refractivity contribution < 1.29 is 14.1 Å². The maximum atomic E-state index is 13.9. The van der Waals surface area contributed by atoms with Gasteiger partial charge in [-0.1, -0.05) is 12.1 Å². The quantitative estimate of drug-likeness (QED) is 0.669. The zero-order valence-corrected chi connectivity index (χ0v) is 11.1. The maximum absolute atomic E-state index is 13.9. The first-order chi connectivity index (χ1) is 9.47. The van der Waals surface area contributed by atoms with E-state index in [9.17, 15) is 19.3 Å². The third-order valence-electron chi connectivity index (χ3n) is 3.33. The van der Waals surface area contributed by atoms with Crippen molar-refractivity contribution in [2.45, 2.75) is 25.9 Å². The fourth-order valence-electron chi connectivity index (χ4n) is 2.45. The highest BCUT2D eigenvalue weighted by atomic mass is 19.1. The number of amides is 1. The minimum atomic E-state index is -0.777. The molecule has 1 atom stereocenters. The van der Waals surface area contributed by atoms with Crippen LogP contribution in [0.5, 0.6) is 0 Å². The molecule has 1 saturated heterocycles. The number of benzene rings is 1. The summed E-state index contributed by atoms with van der Waals surface area (Å²) in [5.74, 6) is -0.862. The molecule has 0 aliphatic carbocycles. The molecule has 1 fully saturated rings. The molecular formula is C13H16FN3O3. The van der Waals surface area contributed by atoms with E-state index in [1.54, 1.807) is 6.07 Å². The normalized spacial score (nSPS) is 19.0. The first-order valence-electron chi connectivity index (χ1n) is 6.38. The van der Waals surface area contributed by atoms with Crippen molar-refractivity contribution in [3.05, 3.63) is 39.7 Å². The lowest BCUT2D eigenvalue weighted by Gasteiger charge is -2.16. The van der Waals surface area contributed by atoms with Crippen molar-refractivity contribution in [1.29, 1.82) is 0 Å². The molecule has 1 aromatic carbocycles. The van der Waals surface area contributed by atoms with Crippen LogP contribution >= 0.6 is 0 Å². The highest BCUT2D eigenvalue weighted by molar-refractivity contribution is 5.73. The van der Waals surface area contributed by atoms with Crippen molar-refractivity contribution in [2.24, 2.45) is 0 Å². The average Bonchev–Trinajstić information content (AvgIpc) is 2.78. The second-order valence-corrected chi connectivity index (χ2v) is 4.93. The van der Waals surface area contributed by atoms with Crippen molar-refractivity contribution in [3.8, 4) is 0 Å². The van der Waals surface area contributed by atoms with Gasteiger partial charge in [0.05, 0.1) is 4.92 Å². The van der Waals surface area contributed by atoms with Gasteiger partial charge in [-0.25, -0.2) is 0 Å². The predicted molar refractivity (Wildman–Crippen MR) is 70.6 cm³/mol. The Morgan fingerprint density at radius 1 is 1.60 bits per heavy atom. The van der Waals surface area contributed by atoms with Crippen LogP contribution in [0.3, 0.4) is 0 Å². The van der Waals surface area contributed by atoms with Crippen LogP contribution < -0.4 is 5.32 Å². The number of rotatable bonds is 4. The Hall–Kier alpha value is -2.02. The second kappa shape index (κ2) is 5.96. The van der Waals surface area contributed by atoms with Crippen LogP contribution in [0, 0.1) is 15.9 Å². The number of likely N-dealkylation sites (tertiary alicyclic amines) is 1. The van der Waals surface area contributed by atoms with Gasteiger partial charge in [-0.15, -0.1) is 0 Å². The van der Waals surface area contributed by atoms with Crippen LogP contribution in [-0.4, -0.2) is 34.9 Å². The summed E-state index contributed by atoms with van der Waals surface area (Å²) in [5, 5.41) is 13.5. The van der Waals surface area contributed by atoms with Crippen LogP contribution in [0.15, 0.2) is 18.2 Å². The van der Waals surface area contributed by atoms with Gasteiger partial charge in [0.2, 0.25) is 11.7 Å². The number of carbonyl (C=O) groups excluding carboxylic acids is 1. The lowest BCUT2D eigenvalue weighted by atomic mass is 10.1. The number of nitro benzene ring substituents is 1. The number of hydrogen-bond donors (Lipinski definition) is 1. The van der Waals surface area contributed by atoms with Gasteiger partial charge < -0.3 is 5.32 Å². The molecule has 1 N–H and O–H groups in total. The molecule has 1 aliphatic heterocycles. The van der Waals surface area contributed by atoms with Crippen LogP contribution in [0.1, 0.15) is 18.9 Å². The zero-order valence-electron chi connectivity index (χ0n) is 11.1. The number of nitrogens with zero attached hydrogens (tertiary/aromatic N) is 2. The Kier molecular flexibility index (Phi) is 4.29. The van der Waals surface area contributed by atoms with Crippen molar-refractivity contribution >= 4 is 11.6 Å². The molecule has 0 radical (unpaired) electrons. The largest absolute Gasteiger partial charge is 0.352 e. The summed E-state index contributed by atoms with van der Waals surface area (Å²) in [6.07, 6.45) is 0.802. The average molecular weight is 281 g/mol. The maximum Gasteiger partial charge on any atom is 0.305 e. The summed E-state index contributed by atoms with van der Waals surface area (Å²) in [7, 11) is 0. The molecule has 0 saturated carbocycles. The number of nitro groups is 1. The molecular weight excluding hydrogens is 265 g/mol. The van der Waals surface area contributed by atoms with E-state index in [-0.39, 0.29) is 11.9 Å². The monoisotopic (exact) mass is 281 g/mol. The van der Waals surface area contributed by atoms with Gasteiger partial charge in [0.1, 0.15) is 0 Å². The molecule has 20 heavy (non-hydrogen) atoms. The Balaban J connectivity index is 2.03. The van der Waals surface area contributed by atoms with E-state index in [0.717, 1.165) is 19.0 Å². The van der Waals surface area contributed by atoms with E-state index >= 15 is 0 Å². The summed E-state index contributed by atoms with van der Waals surface area (Å²) >= 11 is 0. The first kappa shape index (κ1) is 14.4. The first-order valence-corrected chi connectivity index (χ1v) is 6.38. The highest BCUT2D eigenvalue weighted by Gasteiger charge is 2.25. The fraction of sp³-hybridized carbons (Fsp3) is 0.462. The molecule has 0 bridgehead atoms. The summed E-state index contributed by atoms with van der Waals surface area (Å²) in [4.78, 5) is 22.9. The summed E-state index contributed by atoms with van der Waals surface area (Å²) in [6.45, 7) is 3.13. The highest BCUT2D eigenvalue weighted by Crippen LogP contribution is 2.22. The molecule has 7 heteroatoms. The number of halogens is 1. The molecule has 1 heterocycles. The molecule has 1 aromatic rings. The Morgan fingerprint density at radius 3 is 3.00 bits per heavy atom. The van der Waals surface area contributed by atoms with E-state index in [4.69, 9.17) is 0 Å². The van der Waals surface area contributed by atoms with Crippen LogP contribution in [0.4, 0.5) is 10.1 Å². The summed E-state index contributed by atoms with van der Waals surface area (Å²) < 4.78 is 13.9. The van der Waals surface area contributed by atoms with E-state index in [0.29, 0.717) is 18.7 Å². The minimum absolute atomic E-state index is 0.0641. The minimum Gasteiger partial charge on any atom is -0.352 e. The van der Waals surface area contributed by atoms with Gasteiger partial charge in [0.25, 0.3) is 0 Å². The van der Waals surface area contributed by atoms with E-state index < -0.39 is 16.4 Å². The van der Waals surface area contributed by atoms with Crippen molar-refractivity contribution in [1.82, 2.24) is 10.2 Å².